The van der Waals surface area contributed by atoms with E-state index in [1.54, 1.807) is 43.3 Å². The van der Waals surface area contributed by atoms with Gasteiger partial charge >= 0.3 is 10.1 Å². The third kappa shape index (κ3) is 5.00. The van der Waals surface area contributed by atoms with Crippen molar-refractivity contribution in [2.45, 2.75) is 31.4 Å². The van der Waals surface area contributed by atoms with Gasteiger partial charge in [0.2, 0.25) is 19.7 Å². The van der Waals surface area contributed by atoms with Crippen LogP contribution in [-0.4, -0.2) is 25.3 Å². The molecule has 0 fully saturated rings. The summed E-state index contributed by atoms with van der Waals surface area (Å²) in [4.78, 5) is -1.26. The highest BCUT2D eigenvalue weighted by atomic mass is 32.2. The molecule has 0 heterocycles. The van der Waals surface area contributed by atoms with E-state index in [0.717, 1.165) is 23.8 Å². The average molecular weight is 529 g/mol. The first-order chi connectivity index (χ1) is 16.5. The summed E-state index contributed by atoms with van der Waals surface area (Å²) >= 11 is 0. The van der Waals surface area contributed by atoms with Crippen LogP contribution in [0.3, 0.4) is 0 Å². The molecule has 10 heteroatoms. The van der Waals surface area contributed by atoms with Gasteiger partial charge in [0.25, 0.3) is 0 Å². The van der Waals surface area contributed by atoms with Crippen molar-refractivity contribution in [2.24, 2.45) is 0 Å². The molecule has 0 atom stereocenters. The predicted octanol–water partition coefficient (Wildman–Crippen LogP) is 4.43. The van der Waals surface area contributed by atoms with Gasteiger partial charge in [-0.25, -0.2) is 16.8 Å². The molecule has 4 aromatic carbocycles. The van der Waals surface area contributed by atoms with Crippen molar-refractivity contribution >= 4 is 29.8 Å². The second-order valence-electron chi connectivity index (χ2n) is 7.59. The lowest BCUT2D eigenvalue weighted by Gasteiger charge is -2.14. The minimum Gasteiger partial charge on any atom is -0.378 e. The lowest BCUT2D eigenvalue weighted by atomic mass is 10.2. The van der Waals surface area contributed by atoms with E-state index in [-0.39, 0.29) is 19.6 Å². The molecule has 0 radical (unpaired) electrons. The molecular formula is C25H20O7S3. The standard InChI is InChI=1S/C25H20O7S3/c1-19-12-14-21(15-13-19)34(28,29)25-18-23(33(26,27)20-8-4-2-5-9-20)16-17-24(25)32-35(30,31)22-10-6-3-7-11-22/h2-18H,1H3. The fourth-order valence-corrected chi connectivity index (χ4v) is 7.08. The Balaban J connectivity index is 1.91. The maximum Gasteiger partial charge on any atom is 0.339 e. The summed E-state index contributed by atoms with van der Waals surface area (Å²) in [5, 5.41) is 0. The molecule has 180 valence electrons. The van der Waals surface area contributed by atoms with Gasteiger partial charge in [-0.1, -0.05) is 54.1 Å². The van der Waals surface area contributed by atoms with E-state index in [1.165, 1.54) is 48.5 Å². The molecule has 0 aromatic heterocycles. The van der Waals surface area contributed by atoms with E-state index < -0.39 is 40.4 Å². The van der Waals surface area contributed by atoms with E-state index in [0.29, 0.717) is 0 Å². The molecule has 4 aromatic rings. The second-order valence-corrected chi connectivity index (χ2v) is 13.0. The maximum absolute atomic E-state index is 13.5. The molecule has 0 spiro atoms. The second kappa shape index (κ2) is 9.29. The molecule has 0 aliphatic rings. The van der Waals surface area contributed by atoms with Crippen molar-refractivity contribution in [3.05, 3.63) is 109 Å². The summed E-state index contributed by atoms with van der Waals surface area (Å²) in [7, 11) is -12.9. The molecule has 0 aliphatic heterocycles. The first-order valence-corrected chi connectivity index (χ1v) is 14.6. The normalized spacial score (nSPS) is 12.3. The Hall–Kier alpha value is -3.47. The third-order valence-electron chi connectivity index (χ3n) is 5.13. The summed E-state index contributed by atoms with van der Waals surface area (Å²) in [6, 6.07) is 23.7. The number of hydrogen-bond donors (Lipinski definition) is 0. The van der Waals surface area contributed by atoms with Gasteiger partial charge in [-0.3, -0.25) is 0 Å². The van der Waals surface area contributed by atoms with Gasteiger partial charge in [0.05, 0.1) is 14.7 Å². The number of hydrogen-bond acceptors (Lipinski definition) is 7. The van der Waals surface area contributed by atoms with Gasteiger partial charge in [0.15, 0.2) is 5.75 Å². The molecule has 0 saturated carbocycles. The first-order valence-electron chi connectivity index (χ1n) is 10.3. The van der Waals surface area contributed by atoms with E-state index >= 15 is 0 Å². The zero-order chi connectivity index (χ0) is 25.3. The Morgan fingerprint density at radius 2 is 1.00 bits per heavy atom. The molecule has 0 amide bonds. The number of rotatable bonds is 7. The van der Waals surface area contributed by atoms with E-state index in [9.17, 15) is 25.3 Å². The SMILES string of the molecule is Cc1ccc(S(=O)(=O)c2cc(S(=O)(=O)c3ccccc3)ccc2OS(=O)(=O)c2ccccc2)cc1. The lowest BCUT2D eigenvalue weighted by Crippen LogP contribution is -2.14. The van der Waals surface area contributed by atoms with E-state index in [4.69, 9.17) is 4.18 Å². The van der Waals surface area contributed by atoms with Crippen LogP contribution in [0, 0.1) is 6.92 Å². The van der Waals surface area contributed by atoms with Crippen LogP contribution in [0.25, 0.3) is 0 Å². The van der Waals surface area contributed by atoms with Gasteiger partial charge in [-0.2, -0.15) is 8.42 Å². The predicted molar refractivity (Wildman–Crippen MR) is 129 cm³/mol. The molecule has 7 nitrogen and oxygen atoms in total. The zero-order valence-corrected chi connectivity index (χ0v) is 20.8. The molecular weight excluding hydrogens is 508 g/mol. The van der Waals surface area contributed by atoms with Crippen molar-refractivity contribution < 1.29 is 29.4 Å². The third-order valence-corrected chi connectivity index (χ3v) is 9.94. The molecule has 0 aliphatic carbocycles. The van der Waals surface area contributed by atoms with Crippen LogP contribution in [0.5, 0.6) is 5.75 Å². The average Bonchev–Trinajstić information content (AvgIpc) is 2.85. The van der Waals surface area contributed by atoms with Gasteiger partial charge in [0.1, 0.15) is 9.79 Å². The van der Waals surface area contributed by atoms with Crippen LogP contribution >= 0.6 is 0 Å². The van der Waals surface area contributed by atoms with Crippen LogP contribution in [-0.2, 0) is 29.8 Å². The largest absolute Gasteiger partial charge is 0.378 e. The van der Waals surface area contributed by atoms with Crippen LogP contribution in [0.1, 0.15) is 5.56 Å². The molecule has 0 unspecified atom stereocenters. The van der Waals surface area contributed by atoms with Crippen LogP contribution in [0.15, 0.2) is 128 Å². The summed E-state index contributed by atoms with van der Waals surface area (Å²) in [5.74, 6) is -0.513. The Kier molecular flexibility index (Phi) is 6.54. The molecule has 35 heavy (non-hydrogen) atoms. The van der Waals surface area contributed by atoms with Gasteiger partial charge < -0.3 is 4.18 Å². The van der Waals surface area contributed by atoms with Crippen LogP contribution in [0.2, 0.25) is 0 Å². The van der Waals surface area contributed by atoms with E-state index in [2.05, 4.69) is 0 Å². The summed E-state index contributed by atoms with van der Waals surface area (Å²) in [5.41, 5.74) is 0.812. The minimum absolute atomic E-state index is 0.0377. The number of sulfone groups is 2. The van der Waals surface area contributed by atoms with Crippen molar-refractivity contribution in [1.82, 2.24) is 0 Å². The van der Waals surface area contributed by atoms with Crippen molar-refractivity contribution in [2.75, 3.05) is 0 Å². The van der Waals surface area contributed by atoms with Gasteiger partial charge in [-0.05, 0) is 61.5 Å². The minimum atomic E-state index is -4.40. The monoisotopic (exact) mass is 528 g/mol. The highest BCUT2D eigenvalue weighted by molar-refractivity contribution is 7.92. The Bertz CT molecular complexity index is 1680. The van der Waals surface area contributed by atoms with E-state index in [1.807, 2.05) is 0 Å². The highest BCUT2D eigenvalue weighted by Crippen LogP contribution is 2.35. The maximum atomic E-state index is 13.5. The van der Waals surface area contributed by atoms with Crippen LogP contribution < -0.4 is 4.18 Å². The highest BCUT2D eigenvalue weighted by Gasteiger charge is 2.29. The summed E-state index contributed by atoms with van der Waals surface area (Å²) < 4.78 is 84.3. The smallest absolute Gasteiger partial charge is 0.339 e. The molecule has 4 rings (SSSR count). The lowest BCUT2D eigenvalue weighted by molar-refractivity contribution is 0.478. The first kappa shape index (κ1) is 24.6. The van der Waals surface area contributed by atoms with Gasteiger partial charge in [0, 0.05) is 0 Å². The Labute approximate surface area is 204 Å². The summed E-state index contributed by atoms with van der Waals surface area (Å²) in [6.45, 7) is 1.78. The van der Waals surface area contributed by atoms with Crippen molar-refractivity contribution in [1.29, 1.82) is 0 Å². The Morgan fingerprint density at radius 3 is 1.57 bits per heavy atom. The molecule has 0 bridgehead atoms. The fraction of sp³-hybridized carbons (Fsp3) is 0.0400. The fourth-order valence-electron chi connectivity index (χ4n) is 3.27. The Morgan fingerprint density at radius 1 is 0.514 bits per heavy atom. The molecule has 0 saturated heterocycles. The molecule has 0 N–H and O–H groups in total. The quantitative estimate of drug-likeness (QED) is 0.326. The topological polar surface area (TPSA) is 112 Å². The number of benzene rings is 4. The summed E-state index contributed by atoms with van der Waals surface area (Å²) in [6.07, 6.45) is 0. The van der Waals surface area contributed by atoms with Crippen LogP contribution in [0.4, 0.5) is 0 Å². The number of aryl methyl sites for hydroxylation is 1. The zero-order valence-electron chi connectivity index (χ0n) is 18.4. The van der Waals surface area contributed by atoms with Gasteiger partial charge in [-0.15, -0.1) is 0 Å². The van der Waals surface area contributed by atoms with Crippen molar-refractivity contribution in [3.8, 4) is 5.75 Å². The van der Waals surface area contributed by atoms with Crippen molar-refractivity contribution in [3.63, 3.8) is 0 Å².